The van der Waals surface area contributed by atoms with Crippen LogP contribution in [0.15, 0.2) is 85.1 Å². The number of rotatable bonds is 45. The van der Waals surface area contributed by atoms with Crippen LogP contribution in [0.1, 0.15) is 233 Å². The van der Waals surface area contributed by atoms with Gasteiger partial charge in [0, 0.05) is 19.3 Å². The molecule has 354 valence electrons. The van der Waals surface area contributed by atoms with Gasteiger partial charge in [-0.1, -0.05) is 215 Å². The molecule has 0 aliphatic rings. The van der Waals surface area contributed by atoms with Gasteiger partial charge in [-0.3, -0.25) is 14.4 Å². The molecule has 0 spiro atoms. The number of hydrogen-bond donors (Lipinski definition) is 0. The van der Waals surface area contributed by atoms with Crippen LogP contribution in [0, 0.1) is 0 Å². The van der Waals surface area contributed by atoms with Gasteiger partial charge in [-0.25, -0.2) is 0 Å². The summed E-state index contributed by atoms with van der Waals surface area (Å²) in [6.07, 6.45) is 64.2. The quantitative estimate of drug-likeness (QED) is 0.0199. The first-order valence-corrected chi connectivity index (χ1v) is 25.6. The molecule has 0 aromatic carbocycles. The van der Waals surface area contributed by atoms with Gasteiger partial charge in [0.2, 0.25) is 0 Å². The van der Waals surface area contributed by atoms with E-state index in [1.165, 1.54) is 77.0 Å². The van der Waals surface area contributed by atoms with Crippen molar-refractivity contribution < 1.29 is 28.6 Å². The molecule has 1 unspecified atom stereocenters. The largest absolute Gasteiger partial charge is 0.462 e. The van der Waals surface area contributed by atoms with E-state index in [9.17, 15) is 14.4 Å². The zero-order valence-corrected chi connectivity index (χ0v) is 40.4. The molecular weight excluding hydrogens is 769 g/mol. The molecule has 0 aromatic heterocycles. The lowest BCUT2D eigenvalue weighted by molar-refractivity contribution is -0.167. The van der Waals surface area contributed by atoms with E-state index in [1.54, 1.807) is 0 Å². The molecule has 0 N–H and O–H groups in total. The van der Waals surface area contributed by atoms with Crippen LogP contribution in [0.2, 0.25) is 0 Å². The van der Waals surface area contributed by atoms with E-state index in [-0.39, 0.29) is 37.5 Å². The molecule has 0 fully saturated rings. The number of hydrogen-bond acceptors (Lipinski definition) is 6. The van der Waals surface area contributed by atoms with E-state index in [0.717, 1.165) is 116 Å². The van der Waals surface area contributed by atoms with Crippen molar-refractivity contribution in [1.82, 2.24) is 0 Å². The molecule has 6 heteroatoms. The number of carbonyl (C=O) groups excluding carboxylic acids is 3. The molecule has 1 atom stereocenters. The predicted molar refractivity (Wildman–Crippen MR) is 265 cm³/mol. The lowest BCUT2D eigenvalue weighted by Crippen LogP contribution is -2.30. The molecule has 0 aliphatic heterocycles. The van der Waals surface area contributed by atoms with E-state index in [1.807, 2.05) is 0 Å². The average Bonchev–Trinajstić information content (AvgIpc) is 3.27. The van der Waals surface area contributed by atoms with E-state index in [2.05, 4.69) is 106 Å². The van der Waals surface area contributed by atoms with Crippen molar-refractivity contribution in [1.29, 1.82) is 0 Å². The van der Waals surface area contributed by atoms with Crippen molar-refractivity contribution in [2.45, 2.75) is 239 Å². The first-order valence-electron chi connectivity index (χ1n) is 25.6. The molecule has 0 aliphatic carbocycles. The maximum Gasteiger partial charge on any atom is 0.306 e. The number of unbranched alkanes of at least 4 members (excludes halogenated alkanes) is 22. The third-order valence-corrected chi connectivity index (χ3v) is 10.7. The number of allylic oxidation sites excluding steroid dienone is 14. The summed E-state index contributed by atoms with van der Waals surface area (Å²) in [5, 5.41) is 0. The molecule has 0 saturated heterocycles. The SMILES string of the molecule is CC/C=C\C/C=C\C/C=C\C/C=C\CCCCCC(=O)OC(COC(=O)CCCCCCC\C=C/C=C\C=C/CCCCCCC)COC(=O)CCCCCCCCCCCC. The monoisotopic (exact) mass is 863 g/mol. The third-order valence-electron chi connectivity index (χ3n) is 10.7. The van der Waals surface area contributed by atoms with Crippen molar-refractivity contribution in [3.63, 3.8) is 0 Å². The molecule has 0 aromatic rings. The van der Waals surface area contributed by atoms with Gasteiger partial charge in [0.15, 0.2) is 6.10 Å². The van der Waals surface area contributed by atoms with Crippen molar-refractivity contribution in [2.24, 2.45) is 0 Å². The van der Waals surface area contributed by atoms with Gasteiger partial charge in [-0.15, -0.1) is 0 Å². The van der Waals surface area contributed by atoms with Crippen LogP contribution in [0.25, 0.3) is 0 Å². The molecular formula is C56H94O6. The van der Waals surface area contributed by atoms with E-state index in [0.29, 0.717) is 12.8 Å². The van der Waals surface area contributed by atoms with Gasteiger partial charge >= 0.3 is 17.9 Å². The smallest absolute Gasteiger partial charge is 0.306 e. The summed E-state index contributed by atoms with van der Waals surface area (Å²) in [5.74, 6) is -0.950. The fraction of sp³-hybridized carbons (Fsp3) is 0.696. The maximum atomic E-state index is 12.8. The summed E-state index contributed by atoms with van der Waals surface area (Å²) >= 11 is 0. The van der Waals surface area contributed by atoms with E-state index >= 15 is 0 Å². The molecule has 0 radical (unpaired) electrons. The van der Waals surface area contributed by atoms with Crippen LogP contribution < -0.4 is 0 Å². The minimum absolute atomic E-state index is 0.0957. The van der Waals surface area contributed by atoms with Crippen LogP contribution in [0.3, 0.4) is 0 Å². The molecule has 0 rings (SSSR count). The number of ether oxygens (including phenoxy) is 3. The Balaban J connectivity index is 4.45. The Morgan fingerprint density at radius 1 is 0.355 bits per heavy atom. The molecule has 62 heavy (non-hydrogen) atoms. The lowest BCUT2D eigenvalue weighted by atomic mass is 10.1. The molecule has 6 nitrogen and oxygen atoms in total. The summed E-state index contributed by atoms with van der Waals surface area (Å²) in [4.78, 5) is 37.9. The van der Waals surface area contributed by atoms with Gasteiger partial charge < -0.3 is 14.2 Å². The Labute approximate surface area is 382 Å². The second-order valence-corrected chi connectivity index (χ2v) is 16.8. The van der Waals surface area contributed by atoms with Gasteiger partial charge in [-0.2, -0.15) is 0 Å². The van der Waals surface area contributed by atoms with Crippen molar-refractivity contribution in [3.8, 4) is 0 Å². The second kappa shape index (κ2) is 50.2. The highest BCUT2D eigenvalue weighted by Crippen LogP contribution is 2.14. The van der Waals surface area contributed by atoms with Crippen molar-refractivity contribution >= 4 is 17.9 Å². The van der Waals surface area contributed by atoms with Crippen molar-refractivity contribution in [3.05, 3.63) is 85.1 Å². The third kappa shape index (κ3) is 47.6. The number of carbonyl (C=O) groups is 3. The fourth-order valence-electron chi connectivity index (χ4n) is 6.85. The highest BCUT2D eigenvalue weighted by molar-refractivity contribution is 5.71. The van der Waals surface area contributed by atoms with Crippen molar-refractivity contribution in [2.75, 3.05) is 13.2 Å². The zero-order valence-electron chi connectivity index (χ0n) is 40.4. The second-order valence-electron chi connectivity index (χ2n) is 16.8. The lowest BCUT2D eigenvalue weighted by Gasteiger charge is -2.18. The van der Waals surface area contributed by atoms with Crippen LogP contribution in [-0.2, 0) is 28.6 Å². The minimum atomic E-state index is -0.799. The summed E-state index contributed by atoms with van der Waals surface area (Å²) < 4.78 is 16.7. The Bertz CT molecular complexity index is 1220. The van der Waals surface area contributed by atoms with E-state index in [4.69, 9.17) is 14.2 Å². The van der Waals surface area contributed by atoms with Crippen LogP contribution in [-0.4, -0.2) is 37.2 Å². The Morgan fingerprint density at radius 2 is 0.694 bits per heavy atom. The average molecular weight is 863 g/mol. The highest BCUT2D eigenvalue weighted by Gasteiger charge is 2.19. The zero-order chi connectivity index (χ0) is 45.1. The molecule has 0 amide bonds. The maximum absolute atomic E-state index is 12.8. The standard InChI is InChI=1S/C56H94O6/c1-4-7-10-13-16-19-22-24-26-28-29-31-32-34-37-40-43-46-49-55(58)61-52-53(51-60-54(57)48-45-42-39-36-21-18-15-12-9-6-3)62-56(59)50-47-44-41-38-35-33-30-27-25-23-20-17-14-11-8-5-2/h8,11,17,20,22,24-29,31,33,35,53H,4-7,9-10,12-16,18-19,21,23,30,32,34,36-52H2,1-3H3/b11-8-,20-17-,24-22-,27-25-,28-26-,31-29-,35-33-. The normalized spacial score (nSPS) is 12.8. The molecule has 0 bridgehead atoms. The molecule has 0 heterocycles. The number of esters is 3. The first kappa shape index (κ1) is 58.6. The van der Waals surface area contributed by atoms with Gasteiger partial charge in [0.25, 0.3) is 0 Å². The summed E-state index contributed by atoms with van der Waals surface area (Å²) in [6, 6.07) is 0. The van der Waals surface area contributed by atoms with Gasteiger partial charge in [0.05, 0.1) is 0 Å². The van der Waals surface area contributed by atoms with Gasteiger partial charge in [0.1, 0.15) is 13.2 Å². The Hall–Kier alpha value is -3.41. The minimum Gasteiger partial charge on any atom is -0.462 e. The van der Waals surface area contributed by atoms with E-state index < -0.39 is 6.10 Å². The molecule has 0 saturated carbocycles. The van der Waals surface area contributed by atoms with Crippen LogP contribution in [0.4, 0.5) is 0 Å². The van der Waals surface area contributed by atoms with Crippen LogP contribution in [0.5, 0.6) is 0 Å². The van der Waals surface area contributed by atoms with Gasteiger partial charge in [-0.05, 0) is 83.5 Å². The summed E-state index contributed by atoms with van der Waals surface area (Å²) in [6.45, 7) is 6.44. The first-order chi connectivity index (χ1) is 30.5. The highest BCUT2D eigenvalue weighted by atomic mass is 16.6. The fourth-order valence-corrected chi connectivity index (χ4v) is 6.85. The predicted octanol–water partition coefficient (Wildman–Crippen LogP) is 16.8. The topological polar surface area (TPSA) is 78.9 Å². The Kier molecular flexibility index (Phi) is 47.5. The van der Waals surface area contributed by atoms with Crippen LogP contribution >= 0.6 is 0 Å². The summed E-state index contributed by atoms with van der Waals surface area (Å²) in [7, 11) is 0. The summed E-state index contributed by atoms with van der Waals surface area (Å²) in [5.41, 5.74) is 0. The Morgan fingerprint density at radius 3 is 1.13 bits per heavy atom.